The van der Waals surface area contributed by atoms with E-state index in [2.05, 4.69) is 21.2 Å². The van der Waals surface area contributed by atoms with Gasteiger partial charge in [-0.3, -0.25) is 0 Å². The highest BCUT2D eigenvalue weighted by molar-refractivity contribution is 9.09. The fraction of sp³-hybridized carbons (Fsp3) is 0.700. The molecule has 0 rings (SSSR count). The zero-order chi connectivity index (χ0) is 11.9. The fourth-order valence-corrected chi connectivity index (χ4v) is 1.31. The first kappa shape index (κ1) is 14.4. The minimum Gasteiger partial charge on any atom is -0.444 e. The molecule has 0 heterocycles. The molecule has 0 saturated carbocycles. The molecular formula is C10H17BrFNO2. The third-order valence-electron chi connectivity index (χ3n) is 1.43. The highest BCUT2D eigenvalue weighted by atomic mass is 79.9. The van der Waals surface area contributed by atoms with Crippen LogP contribution in [0.5, 0.6) is 0 Å². The van der Waals surface area contributed by atoms with E-state index in [-0.39, 0.29) is 6.54 Å². The van der Waals surface area contributed by atoms with Gasteiger partial charge in [0.1, 0.15) is 5.60 Å². The monoisotopic (exact) mass is 281 g/mol. The number of rotatable bonds is 4. The number of alkyl halides is 1. The van der Waals surface area contributed by atoms with Crippen LogP contribution in [0.4, 0.5) is 9.18 Å². The van der Waals surface area contributed by atoms with E-state index < -0.39 is 11.7 Å². The van der Waals surface area contributed by atoms with Crippen molar-refractivity contribution in [1.29, 1.82) is 0 Å². The van der Waals surface area contributed by atoms with E-state index in [0.29, 0.717) is 23.7 Å². The van der Waals surface area contributed by atoms with Crippen LogP contribution >= 0.6 is 15.9 Å². The predicted molar refractivity (Wildman–Crippen MR) is 61.8 cm³/mol. The van der Waals surface area contributed by atoms with Gasteiger partial charge in [0, 0.05) is 11.9 Å². The Morgan fingerprint density at radius 2 is 2.13 bits per heavy atom. The van der Waals surface area contributed by atoms with Crippen LogP contribution in [0.2, 0.25) is 0 Å². The van der Waals surface area contributed by atoms with Crippen LogP contribution < -0.4 is 5.32 Å². The molecular weight excluding hydrogens is 265 g/mol. The highest BCUT2D eigenvalue weighted by Gasteiger charge is 2.15. The number of carbonyl (C=O) groups is 1. The van der Waals surface area contributed by atoms with Gasteiger partial charge < -0.3 is 10.1 Å². The highest BCUT2D eigenvalue weighted by Crippen LogP contribution is 2.07. The first-order valence-corrected chi connectivity index (χ1v) is 5.82. The summed E-state index contributed by atoms with van der Waals surface area (Å²) in [5, 5.41) is 3.15. The van der Waals surface area contributed by atoms with Gasteiger partial charge in [-0.05, 0) is 32.8 Å². The van der Waals surface area contributed by atoms with Crippen molar-refractivity contribution >= 4 is 22.0 Å². The van der Waals surface area contributed by atoms with Crippen molar-refractivity contribution < 1.29 is 13.9 Å². The zero-order valence-corrected chi connectivity index (χ0v) is 10.9. The molecule has 5 heteroatoms. The lowest BCUT2D eigenvalue weighted by Gasteiger charge is -2.19. The van der Waals surface area contributed by atoms with Crippen LogP contribution in [-0.2, 0) is 4.74 Å². The number of alkyl carbamates (subject to hydrolysis) is 1. The molecule has 0 aromatic rings. The minimum absolute atomic E-state index is 0.178. The van der Waals surface area contributed by atoms with Crippen molar-refractivity contribution in [1.82, 2.24) is 5.32 Å². The molecule has 0 aromatic heterocycles. The van der Waals surface area contributed by atoms with Gasteiger partial charge in [-0.1, -0.05) is 15.9 Å². The molecule has 0 spiro atoms. The van der Waals surface area contributed by atoms with E-state index in [1.165, 1.54) is 0 Å². The number of carbonyl (C=O) groups excluding carboxylic acids is 1. The molecule has 1 amide bonds. The molecule has 0 aromatic carbocycles. The molecule has 1 N–H and O–H groups in total. The smallest absolute Gasteiger partial charge is 0.407 e. The van der Waals surface area contributed by atoms with Gasteiger partial charge in [-0.25, -0.2) is 9.18 Å². The van der Waals surface area contributed by atoms with E-state index >= 15 is 0 Å². The zero-order valence-electron chi connectivity index (χ0n) is 9.27. The van der Waals surface area contributed by atoms with Crippen LogP contribution in [0.15, 0.2) is 11.9 Å². The maximum Gasteiger partial charge on any atom is 0.407 e. The third kappa shape index (κ3) is 8.42. The summed E-state index contributed by atoms with van der Waals surface area (Å²) in [6, 6.07) is 0. The number of amides is 1. The Morgan fingerprint density at radius 1 is 1.53 bits per heavy atom. The maximum atomic E-state index is 12.3. The van der Waals surface area contributed by atoms with E-state index in [1.807, 2.05) is 0 Å². The van der Waals surface area contributed by atoms with Gasteiger partial charge in [0.25, 0.3) is 0 Å². The Kier molecular flexibility index (Phi) is 6.56. The average Bonchev–Trinajstić information content (AvgIpc) is 2.09. The van der Waals surface area contributed by atoms with Gasteiger partial charge in [0.2, 0.25) is 0 Å². The quantitative estimate of drug-likeness (QED) is 0.804. The largest absolute Gasteiger partial charge is 0.444 e. The molecule has 3 nitrogen and oxygen atoms in total. The molecule has 0 atom stereocenters. The molecule has 15 heavy (non-hydrogen) atoms. The van der Waals surface area contributed by atoms with Gasteiger partial charge >= 0.3 is 6.09 Å². The molecule has 0 unspecified atom stereocenters. The second-order valence-electron chi connectivity index (χ2n) is 4.06. The van der Waals surface area contributed by atoms with Crippen LogP contribution in [0.1, 0.15) is 27.2 Å². The Hall–Kier alpha value is -0.580. The molecule has 0 aliphatic carbocycles. The third-order valence-corrected chi connectivity index (χ3v) is 1.83. The first-order valence-electron chi connectivity index (χ1n) is 4.70. The van der Waals surface area contributed by atoms with Gasteiger partial charge in [0.15, 0.2) is 0 Å². The van der Waals surface area contributed by atoms with Crippen LogP contribution in [-0.4, -0.2) is 23.6 Å². The van der Waals surface area contributed by atoms with Crippen molar-refractivity contribution in [3.63, 3.8) is 0 Å². The van der Waals surface area contributed by atoms with Crippen molar-refractivity contribution in [2.75, 3.05) is 11.9 Å². The maximum absolute atomic E-state index is 12.3. The van der Waals surface area contributed by atoms with Crippen LogP contribution in [0.3, 0.4) is 0 Å². The van der Waals surface area contributed by atoms with Crippen molar-refractivity contribution in [2.45, 2.75) is 32.8 Å². The topological polar surface area (TPSA) is 38.3 Å². The molecule has 0 saturated heterocycles. The van der Waals surface area contributed by atoms with E-state index in [9.17, 15) is 9.18 Å². The lowest BCUT2D eigenvalue weighted by Crippen LogP contribution is -2.33. The molecule has 88 valence electrons. The summed E-state index contributed by atoms with van der Waals surface area (Å²) < 4.78 is 17.3. The fourth-order valence-electron chi connectivity index (χ4n) is 0.803. The van der Waals surface area contributed by atoms with E-state index in [0.717, 1.165) is 0 Å². The van der Waals surface area contributed by atoms with Crippen LogP contribution in [0, 0.1) is 0 Å². The van der Waals surface area contributed by atoms with Crippen molar-refractivity contribution in [3.8, 4) is 0 Å². The molecule has 0 fully saturated rings. The lowest BCUT2D eigenvalue weighted by atomic mass is 10.2. The van der Waals surface area contributed by atoms with E-state index in [1.54, 1.807) is 20.8 Å². The Bertz CT molecular complexity index is 236. The number of nitrogens with one attached hydrogen (secondary N) is 1. The lowest BCUT2D eigenvalue weighted by molar-refractivity contribution is 0.0532. The SMILES string of the molecule is CC(C)(C)OC(=O)NCC(=CF)CCBr. The van der Waals surface area contributed by atoms with Crippen molar-refractivity contribution in [3.05, 3.63) is 11.9 Å². The summed E-state index contributed by atoms with van der Waals surface area (Å²) in [5.41, 5.74) is -0.00299. The van der Waals surface area contributed by atoms with Crippen LogP contribution in [0.25, 0.3) is 0 Å². The molecule has 0 radical (unpaired) electrons. The Balaban J connectivity index is 3.90. The number of ether oxygens (including phenoxy) is 1. The normalized spacial score (nSPS) is 12.5. The minimum atomic E-state index is -0.531. The molecule has 0 aliphatic heterocycles. The summed E-state index contributed by atoms with van der Waals surface area (Å²) in [5.74, 6) is 0. The second-order valence-corrected chi connectivity index (χ2v) is 4.85. The number of hydrogen-bond acceptors (Lipinski definition) is 2. The van der Waals surface area contributed by atoms with Gasteiger partial charge in [-0.15, -0.1) is 0 Å². The number of halogens is 2. The molecule has 0 aliphatic rings. The summed E-state index contributed by atoms with van der Waals surface area (Å²) in [7, 11) is 0. The van der Waals surface area contributed by atoms with Gasteiger partial charge in [0.05, 0.1) is 6.33 Å². The summed E-state index contributed by atoms with van der Waals surface area (Å²) >= 11 is 3.20. The average molecular weight is 282 g/mol. The standard InChI is InChI=1S/C10H17BrFNO2/c1-10(2,3)15-9(14)13-7-8(6-12)4-5-11/h6H,4-5,7H2,1-3H3,(H,13,14). The first-order chi connectivity index (χ1) is 6.89. The molecule has 0 bridgehead atoms. The number of hydrogen-bond donors (Lipinski definition) is 1. The van der Waals surface area contributed by atoms with E-state index in [4.69, 9.17) is 4.74 Å². The van der Waals surface area contributed by atoms with Crippen molar-refractivity contribution in [2.24, 2.45) is 0 Å². The summed E-state index contributed by atoms with van der Waals surface area (Å²) in [4.78, 5) is 11.2. The summed E-state index contributed by atoms with van der Waals surface area (Å²) in [6.07, 6.45) is 0.543. The predicted octanol–water partition coefficient (Wildman–Crippen LogP) is 3.15. The summed E-state index contributed by atoms with van der Waals surface area (Å²) in [6.45, 7) is 5.50. The Labute approximate surface area is 98.2 Å². The Morgan fingerprint density at radius 3 is 2.53 bits per heavy atom. The van der Waals surface area contributed by atoms with Gasteiger partial charge in [-0.2, -0.15) is 0 Å². The second kappa shape index (κ2) is 6.82.